The highest BCUT2D eigenvalue weighted by Gasteiger charge is 2.40. The Kier molecular flexibility index (Phi) is 3.50. The molecule has 0 saturated carbocycles. The average molecular weight is 282 g/mol. The molecule has 0 aromatic rings. The second-order valence-corrected chi connectivity index (χ2v) is 9.29. The Labute approximate surface area is 102 Å². The molecule has 100 valence electrons. The standard InChI is InChI=1S/C9H18N2O4S2/c1-16(12,13)2-3-17(14,15)11-6-8-4-10-5-9(8)7-11/h8-10H,2-7H2,1H3/t8-,9+. The van der Waals surface area contributed by atoms with Gasteiger partial charge >= 0.3 is 0 Å². The van der Waals surface area contributed by atoms with Gasteiger partial charge in [-0.2, -0.15) is 0 Å². The molecule has 0 aromatic heterocycles. The van der Waals surface area contributed by atoms with Gasteiger partial charge in [0.1, 0.15) is 9.84 Å². The Morgan fingerprint density at radius 3 is 2.06 bits per heavy atom. The summed E-state index contributed by atoms with van der Waals surface area (Å²) in [6, 6.07) is 0. The third-order valence-electron chi connectivity index (χ3n) is 3.46. The van der Waals surface area contributed by atoms with Crippen molar-refractivity contribution in [2.75, 3.05) is 43.9 Å². The number of nitrogens with one attached hydrogen (secondary N) is 1. The summed E-state index contributed by atoms with van der Waals surface area (Å²) in [6.45, 7) is 2.79. The van der Waals surface area contributed by atoms with E-state index in [1.165, 1.54) is 4.31 Å². The molecule has 0 spiro atoms. The van der Waals surface area contributed by atoms with E-state index in [0.29, 0.717) is 24.9 Å². The molecule has 0 unspecified atom stereocenters. The van der Waals surface area contributed by atoms with Crippen molar-refractivity contribution < 1.29 is 16.8 Å². The monoisotopic (exact) mass is 282 g/mol. The Morgan fingerprint density at radius 1 is 1.06 bits per heavy atom. The van der Waals surface area contributed by atoms with Gasteiger partial charge in [0, 0.05) is 19.3 Å². The molecule has 0 radical (unpaired) electrons. The Hall–Kier alpha value is -0.180. The quantitative estimate of drug-likeness (QED) is 0.679. The van der Waals surface area contributed by atoms with Gasteiger partial charge in [0.15, 0.2) is 0 Å². The van der Waals surface area contributed by atoms with Crippen LogP contribution in [0.5, 0.6) is 0 Å². The molecule has 2 fully saturated rings. The van der Waals surface area contributed by atoms with E-state index in [0.717, 1.165) is 19.3 Å². The lowest BCUT2D eigenvalue weighted by molar-refractivity contribution is 0.449. The van der Waals surface area contributed by atoms with Crippen LogP contribution in [0.2, 0.25) is 0 Å². The number of hydrogen-bond donors (Lipinski definition) is 1. The van der Waals surface area contributed by atoms with Crippen LogP contribution in [0.1, 0.15) is 0 Å². The summed E-state index contributed by atoms with van der Waals surface area (Å²) in [5.41, 5.74) is 0. The first kappa shape index (κ1) is 13.3. The summed E-state index contributed by atoms with van der Waals surface area (Å²) < 4.78 is 47.3. The summed E-state index contributed by atoms with van der Waals surface area (Å²) in [7, 11) is -6.63. The van der Waals surface area contributed by atoms with Crippen molar-refractivity contribution in [3.05, 3.63) is 0 Å². The van der Waals surface area contributed by atoms with Gasteiger partial charge < -0.3 is 5.32 Å². The minimum atomic E-state index is -3.41. The Bertz CT molecular complexity index is 473. The number of hydrogen-bond acceptors (Lipinski definition) is 5. The molecule has 0 aliphatic carbocycles. The molecule has 2 aliphatic heterocycles. The Morgan fingerprint density at radius 2 is 1.59 bits per heavy atom. The second kappa shape index (κ2) is 4.49. The maximum absolute atomic E-state index is 12.0. The molecule has 2 heterocycles. The van der Waals surface area contributed by atoms with Crippen LogP contribution in [0, 0.1) is 11.8 Å². The van der Waals surface area contributed by atoms with Gasteiger partial charge in [-0.3, -0.25) is 0 Å². The molecule has 2 atom stereocenters. The fourth-order valence-corrected chi connectivity index (χ4v) is 5.57. The third kappa shape index (κ3) is 3.18. The van der Waals surface area contributed by atoms with Gasteiger partial charge in [-0.15, -0.1) is 0 Å². The topological polar surface area (TPSA) is 83.5 Å². The highest BCUT2D eigenvalue weighted by molar-refractivity contribution is 7.93. The van der Waals surface area contributed by atoms with Crippen molar-refractivity contribution in [3.8, 4) is 0 Å². The van der Waals surface area contributed by atoms with Gasteiger partial charge in [-0.25, -0.2) is 21.1 Å². The number of nitrogens with zero attached hydrogens (tertiary/aromatic N) is 1. The fraction of sp³-hybridized carbons (Fsp3) is 1.00. The summed E-state index contributed by atoms with van der Waals surface area (Å²) >= 11 is 0. The molecule has 2 saturated heterocycles. The van der Waals surface area contributed by atoms with Crippen molar-refractivity contribution in [1.29, 1.82) is 0 Å². The molecule has 2 aliphatic rings. The number of sulfonamides is 1. The zero-order chi connectivity index (χ0) is 12.7. The zero-order valence-electron chi connectivity index (χ0n) is 9.79. The number of rotatable bonds is 4. The van der Waals surface area contributed by atoms with E-state index in [2.05, 4.69) is 5.32 Å². The lowest BCUT2D eigenvalue weighted by Crippen LogP contribution is -2.35. The highest BCUT2D eigenvalue weighted by Crippen LogP contribution is 2.28. The average Bonchev–Trinajstić information content (AvgIpc) is 2.72. The van der Waals surface area contributed by atoms with Crippen LogP contribution in [-0.4, -0.2) is 65.1 Å². The lowest BCUT2D eigenvalue weighted by atomic mass is 10.0. The van der Waals surface area contributed by atoms with Gasteiger partial charge in [0.2, 0.25) is 10.0 Å². The maximum atomic E-state index is 12.0. The number of sulfone groups is 1. The molecule has 0 amide bonds. The molecular weight excluding hydrogens is 264 g/mol. The van der Waals surface area contributed by atoms with E-state index < -0.39 is 19.9 Å². The Balaban J connectivity index is 1.98. The van der Waals surface area contributed by atoms with Gasteiger partial charge in [0.05, 0.1) is 11.5 Å². The van der Waals surface area contributed by atoms with Gasteiger partial charge in [-0.05, 0) is 24.9 Å². The van der Waals surface area contributed by atoms with Crippen molar-refractivity contribution in [2.45, 2.75) is 0 Å². The van der Waals surface area contributed by atoms with Crippen molar-refractivity contribution >= 4 is 19.9 Å². The summed E-state index contributed by atoms with van der Waals surface area (Å²) in [4.78, 5) is 0. The van der Waals surface area contributed by atoms with E-state index in [4.69, 9.17) is 0 Å². The maximum Gasteiger partial charge on any atom is 0.215 e. The molecule has 6 nitrogen and oxygen atoms in total. The highest BCUT2D eigenvalue weighted by atomic mass is 32.2. The molecule has 2 rings (SSSR count). The summed E-state index contributed by atoms with van der Waals surface area (Å²) in [5, 5.41) is 3.24. The summed E-state index contributed by atoms with van der Waals surface area (Å²) in [6.07, 6.45) is 1.06. The van der Waals surface area contributed by atoms with Crippen LogP contribution in [0.15, 0.2) is 0 Å². The SMILES string of the molecule is CS(=O)(=O)CCS(=O)(=O)N1C[C@H]2CNC[C@H]2C1. The fourth-order valence-electron chi connectivity index (χ4n) is 2.43. The van der Waals surface area contributed by atoms with E-state index in [-0.39, 0.29) is 11.5 Å². The van der Waals surface area contributed by atoms with Gasteiger partial charge in [-0.1, -0.05) is 0 Å². The van der Waals surface area contributed by atoms with Crippen molar-refractivity contribution in [1.82, 2.24) is 9.62 Å². The van der Waals surface area contributed by atoms with E-state index in [1.54, 1.807) is 0 Å². The summed E-state index contributed by atoms with van der Waals surface area (Å²) in [5.74, 6) is 0.198. The zero-order valence-corrected chi connectivity index (χ0v) is 11.4. The normalized spacial score (nSPS) is 30.6. The van der Waals surface area contributed by atoms with Crippen molar-refractivity contribution in [3.63, 3.8) is 0 Å². The smallest absolute Gasteiger partial charge is 0.215 e. The third-order valence-corrected chi connectivity index (χ3v) is 6.47. The molecule has 8 heteroatoms. The molecule has 0 aromatic carbocycles. The predicted octanol–water partition coefficient (Wildman–Crippen LogP) is -1.49. The van der Waals surface area contributed by atoms with E-state index in [9.17, 15) is 16.8 Å². The molecule has 0 bridgehead atoms. The van der Waals surface area contributed by atoms with Crippen LogP contribution in [-0.2, 0) is 19.9 Å². The van der Waals surface area contributed by atoms with Crippen LogP contribution in [0.3, 0.4) is 0 Å². The molecular formula is C9H18N2O4S2. The lowest BCUT2D eigenvalue weighted by Gasteiger charge is -2.16. The first-order valence-corrected chi connectivity index (χ1v) is 9.31. The van der Waals surface area contributed by atoms with Crippen LogP contribution in [0.25, 0.3) is 0 Å². The van der Waals surface area contributed by atoms with Crippen LogP contribution < -0.4 is 5.32 Å². The van der Waals surface area contributed by atoms with E-state index in [1.807, 2.05) is 0 Å². The van der Waals surface area contributed by atoms with Crippen LogP contribution >= 0.6 is 0 Å². The molecule has 17 heavy (non-hydrogen) atoms. The minimum absolute atomic E-state index is 0.292. The first-order chi connectivity index (χ1) is 7.78. The number of fused-ring (bicyclic) bond motifs is 1. The van der Waals surface area contributed by atoms with Gasteiger partial charge in [0.25, 0.3) is 0 Å². The van der Waals surface area contributed by atoms with E-state index >= 15 is 0 Å². The largest absolute Gasteiger partial charge is 0.316 e. The van der Waals surface area contributed by atoms with Crippen molar-refractivity contribution in [2.24, 2.45) is 11.8 Å². The molecule has 1 N–H and O–H groups in total. The predicted molar refractivity (Wildman–Crippen MR) is 64.9 cm³/mol. The first-order valence-electron chi connectivity index (χ1n) is 5.64. The van der Waals surface area contributed by atoms with Crippen LogP contribution in [0.4, 0.5) is 0 Å². The minimum Gasteiger partial charge on any atom is -0.316 e. The second-order valence-electron chi connectivity index (χ2n) is 4.94.